The van der Waals surface area contributed by atoms with Gasteiger partial charge in [-0.1, -0.05) is 6.07 Å². The van der Waals surface area contributed by atoms with Crippen LogP contribution in [0.25, 0.3) is 0 Å². The Bertz CT molecular complexity index is 1210. The molecule has 0 aromatic heterocycles. The maximum Gasteiger partial charge on any atom is 0.322 e. The molecule has 0 saturated heterocycles. The first-order valence-corrected chi connectivity index (χ1v) is 12.8. The lowest BCUT2D eigenvalue weighted by molar-refractivity contribution is -0.139. The van der Waals surface area contributed by atoms with Crippen molar-refractivity contribution in [2.24, 2.45) is 5.73 Å². The highest BCUT2D eigenvalue weighted by Gasteiger charge is 2.29. The lowest BCUT2D eigenvalue weighted by Crippen LogP contribution is -2.49. The number of aliphatic hydroxyl groups excluding tert-OH is 1. The van der Waals surface area contributed by atoms with Gasteiger partial charge >= 0.3 is 11.9 Å². The first-order chi connectivity index (χ1) is 18.8. The molecule has 10 N–H and O–H groups in total. The van der Waals surface area contributed by atoms with Crippen LogP contribution in [0.3, 0.4) is 0 Å². The standard InChI is InChI=1S/C25H31N3O11S/c1-39-19-4-2-12(8-18(19)31)22(35)23(13-6-14(29)9-15(30)7-13)40-11-17(24(36)27-10-21(33)34)28-20(32)5-3-16(26)25(37)38/h2,4,6-9,16-17,22-23,29-31,35H,3,5,10-11,26H2,1H3,(H,27,36)(H,28,32)(H,33,34)(H,37,38). The highest BCUT2D eigenvalue weighted by Crippen LogP contribution is 2.44. The number of carboxylic acid groups (broad SMARTS) is 2. The lowest BCUT2D eigenvalue weighted by Gasteiger charge is -2.26. The number of hydrogen-bond acceptors (Lipinski definition) is 11. The number of rotatable bonds is 15. The van der Waals surface area contributed by atoms with Crippen molar-refractivity contribution >= 4 is 35.5 Å². The van der Waals surface area contributed by atoms with E-state index < -0.39 is 53.7 Å². The highest BCUT2D eigenvalue weighted by molar-refractivity contribution is 7.99. The molecule has 2 aromatic carbocycles. The van der Waals surface area contributed by atoms with Gasteiger partial charge in [-0.25, -0.2) is 0 Å². The molecule has 0 bridgehead atoms. The van der Waals surface area contributed by atoms with Gasteiger partial charge in [0.15, 0.2) is 11.5 Å². The second-order valence-electron chi connectivity index (χ2n) is 8.63. The van der Waals surface area contributed by atoms with Crippen LogP contribution in [-0.4, -0.2) is 85.9 Å². The van der Waals surface area contributed by atoms with Gasteiger partial charge in [0, 0.05) is 18.2 Å². The number of carbonyl (C=O) groups is 4. The van der Waals surface area contributed by atoms with Crippen molar-refractivity contribution in [3.63, 3.8) is 0 Å². The third-order valence-electron chi connectivity index (χ3n) is 5.59. The van der Waals surface area contributed by atoms with Crippen LogP contribution in [0, 0.1) is 0 Å². The van der Waals surface area contributed by atoms with Gasteiger partial charge in [0.05, 0.1) is 18.5 Å². The number of aliphatic hydroxyl groups is 1. The Hall–Kier alpha value is -4.21. The number of methoxy groups -OCH3 is 1. The topological polar surface area (TPSA) is 249 Å². The average molecular weight is 582 g/mol. The average Bonchev–Trinajstić information content (AvgIpc) is 2.88. The van der Waals surface area contributed by atoms with Gasteiger partial charge in [-0.2, -0.15) is 0 Å². The lowest BCUT2D eigenvalue weighted by atomic mass is 10.00. The van der Waals surface area contributed by atoms with Crippen LogP contribution in [0.5, 0.6) is 23.0 Å². The maximum atomic E-state index is 12.7. The predicted octanol–water partition coefficient (Wildman–Crippen LogP) is 0.198. The number of aromatic hydroxyl groups is 3. The van der Waals surface area contributed by atoms with Crippen LogP contribution in [0.1, 0.15) is 35.3 Å². The smallest absolute Gasteiger partial charge is 0.322 e. The van der Waals surface area contributed by atoms with E-state index in [1.54, 1.807) is 0 Å². The summed E-state index contributed by atoms with van der Waals surface area (Å²) >= 11 is 0.926. The van der Waals surface area contributed by atoms with E-state index in [2.05, 4.69) is 10.6 Å². The summed E-state index contributed by atoms with van der Waals surface area (Å²) in [5.74, 6) is -5.21. The van der Waals surface area contributed by atoms with E-state index in [1.807, 2.05) is 0 Å². The SMILES string of the molecule is COc1ccc(C(O)C(SCC(NC(=O)CCC(N)C(=O)O)C(=O)NCC(=O)O)c2cc(O)cc(O)c2)cc1O. The van der Waals surface area contributed by atoms with Crippen LogP contribution in [0.4, 0.5) is 0 Å². The summed E-state index contributed by atoms with van der Waals surface area (Å²) in [6, 6.07) is 5.13. The predicted molar refractivity (Wildman–Crippen MR) is 142 cm³/mol. The molecule has 2 amide bonds. The van der Waals surface area contributed by atoms with Gasteiger partial charge in [0.1, 0.15) is 30.1 Å². The van der Waals surface area contributed by atoms with Gasteiger partial charge in [0.2, 0.25) is 11.8 Å². The van der Waals surface area contributed by atoms with Crippen molar-refractivity contribution in [3.8, 4) is 23.0 Å². The van der Waals surface area contributed by atoms with Crippen molar-refractivity contribution in [2.75, 3.05) is 19.4 Å². The molecule has 0 saturated carbocycles. The van der Waals surface area contributed by atoms with Crippen LogP contribution >= 0.6 is 11.8 Å². The van der Waals surface area contributed by atoms with Crippen molar-refractivity contribution in [3.05, 3.63) is 47.5 Å². The number of thioether (sulfide) groups is 1. The Balaban J connectivity index is 2.34. The van der Waals surface area contributed by atoms with E-state index in [9.17, 15) is 39.6 Å². The largest absolute Gasteiger partial charge is 0.508 e. The Morgan fingerprint density at radius 2 is 1.65 bits per heavy atom. The molecule has 218 valence electrons. The Morgan fingerprint density at radius 3 is 2.20 bits per heavy atom. The molecule has 0 heterocycles. The molecule has 0 fully saturated rings. The van der Waals surface area contributed by atoms with Crippen molar-refractivity contribution in [1.29, 1.82) is 0 Å². The normalized spacial score (nSPS) is 13.9. The summed E-state index contributed by atoms with van der Waals surface area (Å²) in [7, 11) is 1.35. The molecule has 2 rings (SSSR count). The number of aliphatic carboxylic acids is 2. The van der Waals surface area contributed by atoms with E-state index in [1.165, 1.54) is 37.4 Å². The number of nitrogens with two attached hydrogens (primary N) is 1. The molecule has 0 spiro atoms. The molecule has 4 unspecified atom stereocenters. The van der Waals surface area contributed by atoms with E-state index in [0.717, 1.165) is 17.8 Å². The number of benzene rings is 2. The molecule has 15 heteroatoms. The van der Waals surface area contributed by atoms with E-state index in [4.69, 9.17) is 20.7 Å². The second kappa shape index (κ2) is 14.8. The third-order valence-corrected chi connectivity index (χ3v) is 7.01. The highest BCUT2D eigenvalue weighted by atomic mass is 32.2. The summed E-state index contributed by atoms with van der Waals surface area (Å²) in [4.78, 5) is 47.1. The van der Waals surface area contributed by atoms with Gasteiger partial charge in [-0.3, -0.25) is 19.2 Å². The number of phenols is 3. The van der Waals surface area contributed by atoms with Gasteiger partial charge in [0.25, 0.3) is 0 Å². The third kappa shape index (κ3) is 9.52. The fourth-order valence-electron chi connectivity index (χ4n) is 3.56. The fraction of sp³-hybridized carbons (Fsp3) is 0.360. The molecule has 2 aromatic rings. The minimum Gasteiger partial charge on any atom is -0.508 e. The molecule has 0 aliphatic rings. The summed E-state index contributed by atoms with van der Waals surface area (Å²) in [5.41, 5.74) is 5.87. The van der Waals surface area contributed by atoms with Crippen LogP contribution in [-0.2, 0) is 19.2 Å². The molecule has 4 atom stereocenters. The Labute approximate surface area is 232 Å². The number of ether oxygens (including phenoxy) is 1. The van der Waals surface area contributed by atoms with E-state index in [-0.39, 0.29) is 52.7 Å². The Morgan fingerprint density at radius 1 is 1.00 bits per heavy atom. The second-order valence-corrected chi connectivity index (χ2v) is 9.80. The quantitative estimate of drug-likeness (QED) is 0.136. The zero-order valence-electron chi connectivity index (χ0n) is 21.3. The van der Waals surface area contributed by atoms with E-state index >= 15 is 0 Å². The number of hydrogen-bond donors (Lipinski definition) is 9. The van der Waals surface area contributed by atoms with Crippen molar-refractivity contribution < 1.29 is 54.6 Å². The van der Waals surface area contributed by atoms with Gasteiger partial charge in [-0.15, -0.1) is 11.8 Å². The van der Waals surface area contributed by atoms with Crippen molar-refractivity contribution in [2.45, 2.75) is 36.3 Å². The molecule has 0 aliphatic heterocycles. The fourth-order valence-corrected chi connectivity index (χ4v) is 4.87. The summed E-state index contributed by atoms with van der Waals surface area (Å²) in [6.45, 7) is -0.739. The monoisotopic (exact) mass is 581 g/mol. The minimum absolute atomic E-state index is 0.149. The van der Waals surface area contributed by atoms with E-state index in [0.29, 0.717) is 0 Å². The summed E-state index contributed by atoms with van der Waals surface area (Å²) in [6.07, 6.45) is -1.93. The van der Waals surface area contributed by atoms with Crippen LogP contribution in [0.15, 0.2) is 36.4 Å². The van der Waals surface area contributed by atoms with Gasteiger partial charge < -0.3 is 51.7 Å². The number of carboxylic acids is 2. The number of amides is 2. The molecule has 14 nitrogen and oxygen atoms in total. The molecule has 0 aliphatic carbocycles. The molecule has 0 radical (unpaired) electrons. The molecule has 40 heavy (non-hydrogen) atoms. The first-order valence-electron chi connectivity index (χ1n) is 11.8. The minimum atomic E-state index is -1.38. The van der Waals surface area contributed by atoms with Crippen LogP contribution < -0.4 is 21.1 Å². The Kier molecular flexibility index (Phi) is 11.8. The van der Waals surface area contributed by atoms with Gasteiger partial charge in [-0.05, 0) is 41.8 Å². The maximum absolute atomic E-state index is 12.7. The summed E-state index contributed by atoms with van der Waals surface area (Å²) < 4.78 is 5.02. The summed E-state index contributed by atoms with van der Waals surface area (Å²) in [5, 5.41) is 62.9. The first kappa shape index (κ1) is 32.0. The number of nitrogens with one attached hydrogen (secondary N) is 2. The number of carbonyl (C=O) groups excluding carboxylic acids is 2. The van der Waals surface area contributed by atoms with Crippen LogP contribution in [0.2, 0.25) is 0 Å². The number of phenolic OH excluding ortho intramolecular Hbond substituents is 3. The zero-order valence-corrected chi connectivity index (χ0v) is 22.1. The van der Waals surface area contributed by atoms with Crippen molar-refractivity contribution in [1.82, 2.24) is 10.6 Å². The molecular formula is C25H31N3O11S. The zero-order chi connectivity index (χ0) is 30.0. The molecular weight excluding hydrogens is 550 g/mol.